The van der Waals surface area contributed by atoms with Crippen molar-refractivity contribution in [3.8, 4) is 0 Å². The first-order valence-electron chi connectivity index (χ1n) is 5.56. The highest BCUT2D eigenvalue weighted by Gasteiger charge is 2.32. The Balaban J connectivity index is 2.40. The molecule has 0 saturated heterocycles. The van der Waals surface area contributed by atoms with Gasteiger partial charge in [0.25, 0.3) is 0 Å². The van der Waals surface area contributed by atoms with Crippen LogP contribution in [0, 0.1) is 5.41 Å². The molecule has 0 saturated carbocycles. The van der Waals surface area contributed by atoms with Gasteiger partial charge in [0.05, 0.1) is 11.1 Å². The van der Waals surface area contributed by atoms with Crippen molar-refractivity contribution < 1.29 is 9.59 Å². The molecule has 2 rings (SSSR count). The number of benzene rings is 1. The minimum atomic E-state index is -0.424. The average Bonchev–Trinajstić information content (AvgIpc) is 2.42. The molecule has 0 bridgehead atoms. The Hall–Kier alpha value is -1.58. The third-order valence-electron chi connectivity index (χ3n) is 2.72. The van der Waals surface area contributed by atoms with Crippen LogP contribution in [-0.2, 0) is 6.42 Å². The van der Waals surface area contributed by atoms with Crippen molar-refractivity contribution in [1.29, 1.82) is 0 Å². The number of carbonyl (C=O) groups is 2. The number of hydrogen-bond acceptors (Lipinski definition) is 2. The van der Waals surface area contributed by atoms with Crippen molar-refractivity contribution in [2.75, 3.05) is 0 Å². The maximum atomic E-state index is 11.7. The number of rotatable bonds is 1. The quantitative estimate of drug-likeness (QED) is 0.543. The van der Waals surface area contributed by atoms with Gasteiger partial charge in [0.2, 0.25) is 19.8 Å². The molecule has 0 spiro atoms. The second-order valence-corrected chi connectivity index (χ2v) is 5.60. The van der Waals surface area contributed by atoms with Gasteiger partial charge in [-0.05, 0) is 29.5 Å². The Morgan fingerprint density at radius 3 is 2.29 bits per heavy atom. The van der Waals surface area contributed by atoms with E-state index in [4.69, 9.17) is 7.98 Å². The van der Waals surface area contributed by atoms with E-state index in [-0.39, 0.29) is 5.41 Å². The SMILES string of the molecule is [B]N1C(=O)c2ccc(CC(C)(C)C)cc2C1=O. The van der Waals surface area contributed by atoms with E-state index in [1.165, 1.54) is 0 Å². The van der Waals surface area contributed by atoms with Crippen LogP contribution in [0.1, 0.15) is 47.1 Å². The first-order valence-corrected chi connectivity index (χ1v) is 5.56. The number of carbonyl (C=O) groups excluding carboxylic acids is 2. The van der Waals surface area contributed by atoms with E-state index in [2.05, 4.69) is 20.8 Å². The third-order valence-corrected chi connectivity index (χ3v) is 2.72. The minimum Gasteiger partial charge on any atom is -0.332 e. The Labute approximate surface area is 102 Å². The van der Waals surface area contributed by atoms with Gasteiger partial charge < -0.3 is 4.81 Å². The van der Waals surface area contributed by atoms with Gasteiger partial charge in [-0.25, -0.2) is 0 Å². The van der Waals surface area contributed by atoms with Crippen LogP contribution in [0.15, 0.2) is 18.2 Å². The smallest absolute Gasteiger partial charge is 0.248 e. The van der Waals surface area contributed by atoms with Gasteiger partial charge in [-0.2, -0.15) is 0 Å². The molecule has 86 valence electrons. The second kappa shape index (κ2) is 3.72. The van der Waals surface area contributed by atoms with Crippen molar-refractivity contribution in [3.63, 3.8) is 0 Å². The van der Waals surface area contributed by atoms with Crippen LogP contribution in [0.4, 0.5) is 0 Å². The molecule has 4 heteroatoms. The molecule has 1 aliphatic heterocycles. The fourth-order valence-electron chi connectivity index (χ4n) is 2.03. The maximum absolute atomic E-state index is 11.7. The molecular formula is C13H14BNO2. The molecule has 1 heterocycles. The summed E-state index contributed by atoms with van der Waals surface area (Å²) in [6, 6.07) is 5.34. The van der Waals surface area contributed by atoms with E-state index >= 15 is 0 Å². The lowest BCUT2D eigenvalue weighted by Gasteiger charge is -2.18. The van der Waals surface area contributed by atoms with E-state index < -0.39 is 11.8 Å². The van der Waals surface area contributed by atoms with Crippen molar-refractivity contribution >= 4 is 19.8 Å². The fraction of sp³-hybridized carbons (Fsp3) is 0.385. The normalized spacial score (nSPS) is 15.4. The molecular weight excluding hydrogens is 213 g/mol. The largest absolute Gasteiger partial charge is 0.332 e. The monoisotopic (exact) mass is 227 g/mol. The Morgan fingerprint density at radius 2 is 1.71 bits per heavy atom. The standard InChI is InChI=1S/C13H14BNO2/c1-13(2,3)7-8-4-5-9-10(6-8)12(17)15(14)11(9)16/h4-6H,7H2,1-3H3. The zero-order valence-electron chi connectivity index (χ0n) is 10.3. The topological polar surface area (TPSA) is 37.4 Å². The Kier molecular flexibility index (Phi) is 2.61. The molecule has 0 N–H and O–H groups in total. The summed E-state index contributed by atoms with van der Waals surface area (Å²) in [6.07, 6.45) is 0.853. The zero-order chi connectivity index (χ0) is 12.8. The summed E-state index contributed by atoms with van der Waals surface area (Å²) < 4.78 is 0. The number of hydrogen-bond donors (Lipinski definition) is 0. The van der Waals surface area contributed by atoms with E-state index in [0.717, 1.165) is 12.0 Å². The molecule has 0 fully saturated rings. The van der Waals surface area contributed by atoms with Crippen LogP contribution in [0.2, 0.25) is 0 Å². The van der Waals surface area contributed by atoms with Crippen LogP contribution >= 0.6 is 0 Å². The highest BCUT2D eigenvalue weighted by atomic mass is 16.2. The summed E-state index contributed by atoms with van der Waals surface area (Å²) >= 11 is 0. The molecule has 1 aliphatic rings. The van der Waals surface area contributed by atoms with Gasteiger partial charge in [0, 0.05) is 0 Å². The maximum Gasteiger partial charge on any atom is 0.248 e. The third kappa shape index (κ3) is 2.12. The number of amides is 2. The summed E-state index contributed by atoms with van der Waals surface area (Å²) in [5.74, 6) is -0.840. The highest BCUT2D eigenvalue weighted by molar-refractivity contribution is 6.36. The van der Waals surface area contributed by atoms with E-state index in [9.17, 15) is 9.59 Å². The molecule has 1 aromatic rings. The van der Waals surface area contributed by atoms with Crippen molar-refractivity contribution in [3.05, 3.63) is 34.9 Å². The summed E-state index contributed by atoms with van der Waals surface area (Å²) in [5, 5.41) is 0. The Bertz CT molecular complexity index is 503. The van der Waals surface area contributed by atoms with Gasteiger partial charge in [0.15, 0.2) is 0 Å². The highest BCUT2D eigenvalue weighted by Crippen LogP contribution is 2.26. The molecule has 17 heavy (non-hydrogen) atoms. The van der Waals surface area contributed by atoms with Crippen LogP contribution < -0.4 is 0 Å². The minimum absolute atomic E-state index is 0.141. The lowest BCUT2D eigenvalue weighted by atomic mass is 9.87. The molecule has 0 unspecified atom stereocenters. The number of nitrogens with zero attached hydrogens (tertiary/aromatic N) is 1. The van der Waals surface area contributed by atoms with Gasteiger partial charge in [-0.1, -0.05) is 26.8 Å². The molecule has 3 nitrogen and oxygen atoms in total. The molecule has 1 aromatic carbocycles. The van der Waals surface area contributed by atoms with Crippen LogP contribution in [0.3, 0.4) is 0 Å². The van der Waals surface area contributed by atoms with Crippen molar-refractivity contribution in [2.45, 2.75) is 27.2 Å². The Morgan fingerprint density at radius 1 is 1.12 bits per heavy atom. The first kappa shape index (κ1) is 11.9. The molecule has 0 aliphatic carbocycles. The van der Waals surface area contributed by atoms with Gasteiger partial charge in [0.1, 0.15) is 0 Å². The lowest BCUT2D eigenvalue weighted by Crippen LogP contribution is -2.26. The molecule has 0 aromatic heterocycles. The van der Waals surface area contributed by atoms with Crippen molar-refractivity contribution in [1.82, 2.24) is 4.81 Å². The van der Waals surface area contributed by atoms with Gasteiger partial charge in [-0.15, -0.1) is 0 Å². The zero-order valence-corrected chi connectivity index (χ0v) is 10.3. The summed E-state index contributed by atoms with van der Waals surface area (Å²) in [6.45, 7) is 6.38. The summed E-state index contributed by atoms with van der Waals surface area (Å²) in [5.41, 5.74) is 2.00. The van der Waals surface area contributed by atoms with Crippen LogP contribution in [0.25, 0.3) is 0 Å². The summed E-state index contributed by atoms with van der Waals surface area (Å²) in [7, 11) is 5.38. The van der Waals surface area contributed by atoms with Crippen LogP contribution in [0.5, 0.6) is 0 Å². The van der Waals surface area contributed by atoms with E-state index in [0.29, 0.717) is 15.9 Å². The molecule has 2 amide bonds. The van der Waals surface area contributed by atoms with E-state index in [1.807, 2.05) is 6.07 Å². The second-order valence-electron chi connectivity index (χ2n) is 5.60. The first-order chi connectivity index (χ1) is 7.79. The van der Waals surface area contributed by atoms with Gasteiger partial charge in [-0.3, -0.25) is 9.59 Å². The number of fused-ring (bicyclic) bond motifs is 1. The van der Waals surface area contributed by atoms with Gasteiger partial charge >= 0.3 is 0 Å². The predicted molar refractivity (Wildman–Crippen MR) is 65.9 cm³/mol. The van der Waals surface area contributed by atoms with Crippen LogP contribution in [-0.4, -0.2) is 24.6 Å². The molecule has 0 atom stereocenters. The summed E-state index contributed by atoms with van der Waals surface area (Å²) in [4.78, 5) is 24.0. The number of imide groups is 1. The molecule has 2 radical (unpaired) electrons. The fourth-order valence-corrected chi connectivity index (χ4v) is 2.03. The van der Waals surface area contributed by atoms with E-state index in [1.54, 1.807) is 12.1 Å². The average molecular weight is 227 g/mol. The lowest BCUT2D eigenvalue weighted by molar-refractivity contribution is 0.0766. The van der Waals surface area contributed by atoms with Crippen molar-refractivity contribution in [2.24, 2.45) is 5.41 Å². The predicted octanol–water partition coefficient (Wildman–Crippen LogP) is 1.95.